The molecule has 0 unspecified atom stereocenters. The van der Waals surface area contributed by atoms with E-state index in [0.29, 0.717) is 19.0 Å². The maximum Gasteiger partial charge on any atom is 0.290 e. The van der Waals surface area contributed by atoms with Crippen molar-refractivity contribution in [3.63, 3.8) is 0 Å². The molecule has 3 aromatic rings. The lowest BCUT2D eigenvalue weighted by atomic mass is 10.2. The van der Waals surface area contributed by atoms with E-state index in [4.69, 9.17) is 4.74 Å². The molecule has 0 saturated heterocycles. The van der Waals surface area contributed by atoms with Gasteiger partial charge in [0, 0.05) is 18.7 Å². The zero-order chi connectivity index (χ0) is 19.1. The molecule has 27 heavy (non-hydrogen) atoms. The zero-order valence-corrected chi connectivity index (χ0v) is 15.6. The van der Waals surface area contributed by atoms with E-state index in [0.717, 1.165) is 17.7 Å². The van der Waals surface area contributed by atoms with E-state index >= 15 is 0 Å². The van der Waals surface area contributed by atoms with Gasteiger partial charge >= 0.3 is 0 Å². The smallest absolute Gasteiger partial charge is 0.290 e. The van der Waals surface area contributed by atoms with Crippen LogP contribution in [0.5, 0.6) is 0 Å². The van der Waals surface area contributed by atoms with E-state index in [1.807, 2.05) is 74.5 Å². The second-order valence-corrected chi connectivity index (χ2v) is 6.40. The number of amides is 1. The van der Waals surface area contributed by atoms with E-state index in [-0.39, 0.29) is 17.8 Å². The second kappa shape index (κ2) is 9.09. The molecule has 0 saturated carbocycles. The van der Waals surface area contributed by atoms with Crippen LogP contribution in [-0.2, 0) is 4.74 Å². The van der Waals surface area contributed by atoms with Crippen LogP contribution in [0.15, 0.2) is 60.7 Å². The summed E-state index contributed by atoms with van der Waals surface area (Å²) in [6.45, 7) is 5.11. The molecule has 0 aliphatic rings. The van der Waals surface area contributed by atoms with Crippen LogP contribution >= 0.6 is 0 Å². The van der Waals surface area contributed by atoms with Crippen molar-refractivity contribution < 1.29 is 9.53 Å². The van der Waals surface area contributed by atoms with Crippen LogP contribution < -0.4 is 5.32 Å². The maximum absolute atomic E-state index is 12.5. The second-order valence-electron chi connectivity index (χ2n) is 6.40. The number of nitrogens with one attached hydrogen (secondary N) is 1. The lowest BCUT2D eigenvalue weighted by molar-refractivity contribution is 0.0756. The Bertz CT molecular complexity index is 803. The molecule has 6 heteroatoms. The molecule has 0 atom stereocenters. The Morgan fingerprint density at radius 2 is 1.74 bits per heavy atom. The van der Waals surface area contributed by atoms with Gasteiger partial charge in [-0.1, -0.05) is 48.5 Å². The predicted molar refractivity (Wildman–Crippen MR) is 105 cm³/mol. The minimum absolute atomic E-state index is 0.155. The molecule has 0 aliphatic heterocycles. The first-order valence-electron chi connectivity index (χ1n) is 9.13. The molecule has 0 fully saturated rings. The van der Waals surface area contributed by atoms with Gasteiger partial charge in [0.25, 0.3) is 5.91 Å². The molecule has 140 valence electrons. The van der Waals surface area contributed by atoms with Crippen LogP contribution in [0.2, 0.25) is 0 Å². The summed E-state index contributed by atoms with van der Waals surface area (Å²) in [5, 5.41) is 7.31. The Kier molecular flexibility index (Phi) is 6.33. The fraction of sp³-hybridized carbons (Fsp3) is 0.286. The molecule has 2 aromatic carbocycles. The quantitative estimate of drug-likeness (QED) is 0.621. The molecular formula is C21H24N4O2. The molecule has 1 aromatic heterocycles. The number of rotatable bonds is 8. The highest BCUT2D eigenvalue weighted by molar-refractivity contribution is 5.91. The van der Waals surface area contributed by atoms with Crippen LogP contribution in [-0.4, -0.2) is 39.9 Å². The summed E-state index contributed by atoms with van der Waals surface area (Å²) < 4.78 is 7.18. The number of hydrogen-bond donors (Lipinski definition) is 1. The first-order valence-corrected chi connectivity index (χ1v) is 9.13. The van der Waals surface area contributed by atoms with E-state index in [9.17, 15) is 4.79 Å². The van der Waals surface area contributed by atoms with Crippen molar-refractivity contribution in [2.24, 2.45) is 0 Å². The fourth-order valence-corrected chi connectivity index (χ4v) is 2.60. The van der Waals surface area contributed by atoms with Crippen molar-refractivity contribution >= 4 is 5.91 Å². The van der Waals surface area contributed by atoms with Gasteiger partial charge in [0.1, 0.15) is 0 Å². The monoisotopic (exact) mass is 364 g/mol. The standard InChI is InChI=1S/C21H24N4O2/c1-16(2)27-15-9-14-22-21(26)19-23-20(17-10-5-3-6-11-17)25(24-19)18-12-7-4-8-13-18/h3-8,10-13,16H,9,14-15H2,1-2H3,(H,22,26). The van der Waals surface area contributed by atoms with Crippen molar-refractivity contribution in [2.45, 2.75) is 26.4 Å². The number of carbonyl (C=O) groups is 1. The summed E-state index contributed by atoms with van der Waals surface area (Å²) in [6, 6.07) is 19.4. The van der Waals surface area contributed by atoms with Gasteiger partial charge in [0.05, 0.1) is 11.8 Å². The third kappa shape index (κ3) is 5.01. The Hall–Kier alpha value is -2.99. The number of carbonyl (C=O) groups excluding carboxylic acids is 1. The largest absolute Gasteiger partial charge is 0.379 e. The van der Waals surface area contributed by atoms with Crippen LogP contribution in [0, 0.1) is 0 Å². The van der Waals surface area contributed by atoms with E-state index in [1.54, 1.807) is 4.68 Å². The lowest BCUT2D eigenvalue weighted by Crippen LogP contribution is -2.26. The summed E-state index contributed by atoms with van der Waals surface area (Å²) in [7, 11) is 0. The third-order valence-corrected chi connectivity index (χ3v) is 3.90. The Labute approximate surface area is 159 Å². The minimum atomic E-state index is -0.286. The van der Waals surface area contributed by atoms with Crippen molar-refractivity contribution in [1.29, 1.82) is 0 Å². The van der Waals surface area contributed by atoms with Crippen LogP contribution in [0.1, 0.15) is 30.9 Å². The van der Waals surface area contributed by atoms with Crippen molar-refractivity contribution in [2.75, 3.05) is 13.2 Å². The highest BCUT2D eigenvalue weighted by Gasteiger charge is 2.18. The van der Waals surface area contributed by atoms with E-state index in [2.05, 4.69) is 15.4 Å². The average Bonchev–Trinajstić information content (AvgIpc) is 3.14. The van der Waals surface area contributed by atoms with Crippen LogP contribution in [0.3, 0.4) is 0 Å². The van der Waals surface area contributed by atoms with E-state index in [1.165, 1.54) is 0 Å². The Balaban J connectivity index is 1.78. The summed E-state index contributed by atoms with van der Waals surface area (Å²) in [4.78, 5) is 17.0. The summed E-state index contributed by atoms with van der Waals surface area (Å²) >= 11 is 0. The number of hydrogen-bond acceptors (Lipinski definition) is 4. The number of benzene rings is 2. The van der Waals surface area contributed by atoms with Gasteiger partial charge in [0.15, 0.2) is 5.82 Å². The minimum Gasteiger partial charge on any atom is -0.379 e. The first kappa shape index (κ1) is 18.8. The number of ether oxygens (including phenoxy) is 1. The van der Waals surface area contributed by atoms with Gasteiger partial charge in [-0.2, -0.15) is 0 Å². The average molecular weight is 364 g/mol. The number of para-hydroxylation sites is 1. The molecule has 1 heterocycles. The predicted octanol–water partition coefficient (Wildman–Crippen LogP) is 3.48. The lowest BCUT2D eigenvalue weighted by Gasteiger charge is -2.07. The molecule has 1 amide bonds. The molecule has 0 radical (unpaired) electrons. The SMILES string of the molecule is CC(C)OCCCNC(=O)c1nc(-c2ccccc2)n(-c2ccccc2)n1. The summed E-state index contributed by atoms with van der Waals surface area (Å²) in [5.41, 5.74) is 1.76. The molecule has 0 bridgehead atoms. The first-order chi connectivity index (χ1) is 13.1. The Morgan fingerprint density at radius 3 is 2.41 bits per heavy atom. The van der Waals surface area contributed by atoms with Crippen molar-refractivity contribution in [1.82, 2.24) is 20.1 Å². The number of nitrogens with zero attached hydrogens (tertiary/aromatic N) is 3. The normalized spacial score (nSPS) is 10.9. The molecule has 0 spiro atoms. The molecule has 3 rings (SSSR count). The summed E-state index contributed by atoms with van der Waals surface area (Å²) in [5.74, 6) is 0.504. The highest BCUT2D eigenvalue weighted by Crippen LogP contribution is 2.20. The number of aromatic nitrogens is 3. The third-order valence-electron chi connectivity index (χ3n) is 3.90. The van der Waals surface area contributed by atoms with Crippen LogP contribution in [0.25, 0.3) is 17.1 Å². The highest BCUT2D eigenvalue weighted by atomic mass is 16.5. The van der Waals surface area contributed by atoms with Crippen LogP contribution in [0.4, 0.5) is 0 Å². The summed E-state index contributed by atoms with van der Waals surface area (Å²) in [6.07, 6.45) is 0.937. The fourth-order valence-electron chi connectivity index (χ4n) is 2.60. The van der Waals surface area contributed by atoms with Gasteiger partial charge in [-0.25, -0.2) is 9.67 Å². The van der Waals surface area contributed by atoms with Crippen molar-refractivity contribution in [3.05, 3.63) is 66.5 Å². The molecule has 1 N–H and O–H groups in total. The zero-order valence-electron chi connectivity index (χ0n) is 15.6. The molecule has 0 aliphatic carbocycles. The van der Waals surface area contributed by atoms with Gasteiger partial charge < -0.3 is 10.1 Å². The molecule has 6 nitrogen and oxygen atoms in total. The molecular weight excluding hydrogens is 340 g/mol. The van der Waals surface area contributed by atoms with Crippen molar-refractivity contribution in [3.8, 4) is 17.1 Å². The maximum atomic E-state index is 12.5. The van der Waals surface area contributed by atoms with E-state index < -0.39 is 0 Å². The van der Waals surface area contributed by atoms with Gasteiger partial charge in [-0.05, 0) is 32.4 Å². The Morgan fingerprint density at radius 1 is 1.07 bits per heavy atom. The van der Waals surface area contributed by atoms with Gasteiger partial charge in [0.2, 0.25) is 5.82 Å². The van der Waals surface area contributed by atoms with Gasteiger partial charge in [-0.15, -0.1) is 5.10 Å². The topological polar surface area (TPSA) is 69.0 Å². The van der Waals surface area contributed by atoms with Gasteiger partial charge in [-0.3, -0.25) is 4.79 Å².